The van der Waals surface area contributed by atoms with Gasteiger partial charge >= 0.3 is 0 Å². The summed E-state index contributed by atoms with van der Waals surface area (Å²) in [6.45, 7) is 3.27. The van der Waals surface area contributed by atoms with Crippen molar-refractivity contribution in [1.82, 2.24) is 14.5 Å². The molecule has 0 saturated carbocycles. The first-order valence-electron chi connectivity index (χ1n) is 9.53. The number of anilines is 1. The number of carbonyl (C=O) groups excluding carboxylic acids is 2. The monoisotopic (exact) mass is 390 g/mol. The Hall–Kier alpha value is -2.77. The summed E-state index contributed by atoms with van der Waals surface area (Å²) in [5, 5.41) is 2.44. The van der Waals surface area contributed by atoms with Gasteiger partial charge in [-0.25, -0.2) is 13.8 Å². The van der Waals surface area contributed by atoms with E-state index in [9.17, 15) is 18.4 Å². The molecular weight excluding hydrogens is 366 g/mol. The van der Waals surface area contributed by atoms with Crippen molar-refractivity contribution in [3.8, 4) is 0 Å². The van der Waals surface area contributed by atoms with Crippen LogP contribution in [-0.2, 0) is 13.0 Å². The average molecular weight is 390 g/mol. The maximum Gasteiger partial charge on any atom is 0.289 e. The lowest BCUT2D eigenvalue weighted by Gasteiger charge is -2.20. The smallest absolute Gasteiger partial charge is 0.289 e. The van der Waals surface area contributed by atoms with Crippen LogP contribution in [-0.4, -0.2) is 39.9 Å². The van der Waals surface area contributed by atoms with Crippen molar-refractivity contribution in [3.63, 3.8) is 0 Å². The van der Waals surface area contributed by atoms with Crippen LogP contribution in [0.3, 0.4) is 0 Å². The molecule has 0 spiro atoms. The number of nitrogens with zero attached hydrogens (tertiary/aromatic N) is 3. The molecule has 0 aliphatic carbocycles. The molecule has 1 aromatic carbocycles. The van der Waals surface area contributed by atoms with Crippen molar-refractivity contribution in [2.45, 2.75) is 45.6 Å². The van der Waals surface area contributed by atoms with Crippen LogP contribution in [0, 0.1) is 11.6 Å². The van der Waals surface area contributed by atoms with E-state index < -0.39 is 17.5 Å². The van der Waals surface area contributed by atoms with E-state index in [-0.39, 0.29) is 23.1 Å². The van der Waals surface area contributed by atoms with E-state index in [1.54, 1.807) is 16.5 Å². The van der Waals surface area contributed by atoms with E-state index in [0.29, 0.717) is 31.3 Å². The van der Waals surface area contributed by atoms with Gasteiger partial charge in [-0.1, -0.05) is 13.3 Å². The lowest BCUT2D eigenvalue weighted by molar-refractivity contribution is 0.0775. The number of nitrogens with one attached hydrogen (secondary N) is 1. The molecule has 0 radical (unpaired) electrons. The summed E-state index contributed by atoms with van der Waals surface area (Å²) in [6, 6.07) is 2.94. The summed E-state index contributed by atoms with van der Waals surface area (Å²) in [5.74, 6) is -2.19. The van der Waals surface area contributed by atoms with Crippen LogP contribution in [0.1, 0.15) is 59.4 Å². The van der Waals surface area contributed by atoms with Gasteiger partial charge in [0.15, 0.2) is 11.5 Å². The van der Waals surface area contributed by atoms with Gasteiger partial charge in [0.25, 0.3) is 11.8 Å². The van der Waals surface area contributed by atoms with Crippen molar-refractivity contribution in [3.05, 3.63) is 47.0 Å². The summed E-state index contributed by atoms with van der Waals surface area (Å²) in [6.07, 6.45) is 4.25. The van der Waals surface area contributed by atoms with Gasteiger partial charge in [-0.05, 0) is 37.8 Å². The van der Waals surface area contributed by atoms with E-state index in [1.807, 2.05) is 6.92 Å². The van der Waals surface area contributed by atoms with Gasteiger partial charge in [0.1, 0.15) is 11.6 Å². The number of rotatable bonds is 6. The topological polar surface area (TPSA) is 67.2 Å². The fourth-order valence-electron chi connectivity index (χ4n) is 3.33. The third-order valence-electron chi connectivity index (χ3n) is 4.90. The zero-order valence-electron chi connectivity index (χ0n) is 16.1. The van der Waals surface area contributed by atoms with Crippen molar-refractivity contribution in [1.29, 1.82) is 0 Å². The second-order valence-electron chi connectivity index (χ2n) is 7.00. The van der Waals surface area contributed by atoms with Gasteiger partial charge in [0.2, 0.25) is 0 Å². The molecule has 0 bridgehead atoms. The number of hydrogen-bond acceptors (Lipinski definition) is 3. The van der Waals surface area contributed by atoms with E-state index in [2.05, 4.69) is 10.3 Å². The standard InChI is InChI=1S/C20H24F2N4O2/c1-3-4-10-25(2)20(28)18-24-17(16-7-5-6-11-26(16)18)19(27)23-15-9-8-13(21)12-14(15)22/h8-9,12H,3-7,10-11H2,1-2H3,(H,23,27). The normalized spacial score (nSPS) is 13.1. The summed E-state index contributed by atoms with van der Waals surface area (Å²) < 4.78 is 28.8. The maximum absolute atomic E-state index is 13.9. The van der Waals surface area contributed by atoms with Crippen molar-refractivity contribution < 1.29 is 18.4 Å². The number of imidazole rings is 1. The fraction of sp³-hybridized carbons (Fsp3) is 0.450. The van der Waals surface area contributed by atoms with Crippen molar-refractivity contribution in [2.24, 2.45) is 0 Å². The van der Waals surface area contributed by atoms with Crippen LogP contribution in [0.2, 0.25) is 0 Å². The number of halogens is 2. The number of benzene rings is 1. The predicted octanol–water partition coefficient (Wildman–Crippen LogP) is 3.62. The van der Waals surface area contributed by atoms with E-state index in [4.69, 9.17) is 0 Å². The van der Waals surface area contributed by atoms with Gasteiger partial charge in [0.05, 0.1) is 11.4 Å². The Kier molecular flexibility index (Phi) is 6.06. The zero-order chi connectivity index (χ0) is 20.3. The van der Waals surface area contributed by atoms with Gasteiger partial charge in [-0.3, -0.25) is 9.59 Å². The summed E-state index contributed by atoms with van der Waals surface area (Å²) in [7, 11) is 1.72. The van der Waals surface area contributed by atoms with E-state index in [0.717, 1.165) is 37.8 Å². The SMILES string of the molecule is CCCCN(C)C(=O)c1nc(C(=O)Nc2ccc(F)cc2F)c2n1CCCC2. The molecule has 0 saturated heterocycles. The number of carbonyl (C=O) groups is 2. The minimum Gasteiger partial charge on any atom is -0.339 e. The molecule has 28 heavy (non-hydrogen) atoms. The molecule has 1 aromatic heterocycles. The Morgan fingerprint density at radius 2 is 2.07 bits per heavy atom. The summed E-state index contributed by atoms with van der Waals surface area (Å²) >= 11 is 0. The Morgan fingerprint density at radius 3 is 2.79 bits per heavy atom. The molecule has 6 nitrogen and oxygen atoms in total. The first kappa shape index (κ1) is 20.0. The lowest BCUT2D eigenvalue weighted by Crippen LogP contribution is -2.31. The predicted molar refractivity (Wildman–Crippen MR) is 101 cm³/mol. The molecular formula is C20H24F2N4O2. The number of hydrogen-bond donors (Lipinski definition) is 1. The van der Waals surface area contributed by atoms with Crippen LogP contribution in [0.25, 0.3) is 0 Å². The second kappa shape index (κ2) is 8.50. The first-order chi connectivity index (χ1) is 13.4. The minimum absolute atomic E-state index is 0.121. The molecule has 150 valence electrons. The Bertz CT molecular complexity index is 895. The molecule has 0 fully saturated rings. The molecule has 1 aliphatic rings. The highest BCUT2D eigenvalue weighted by atomic mass is 19.1. The number of unbranched alkanes of at least 4 members (excludes halogenated alkanes) is 1. The van der Waals surface area contributed by atoms with Gasteiger partial charge in [-0.15, -0.1) is 0 Å². The first-order valence-corrected chi connectivity index (χ1v) is 9.53. The highest BCUT2D eigenvalue weighted by Crippen LogP contribution is 2.24. The Balaban J connectivity index is 1.89. The molecule has 2 heterocycles. The van der Waals surface area contributed by atoms with Crippen LogP contribution in [0.4, 0.5) is 14.5 Å². The Labute approximate surface area is 162 Å². The third kappa shape index (κ3) is 4.05. The van der Waals surface area contributed by atoms with Crippen LogP contribution < -0.4 is 5.32 Å². The highest BCUT2D eigenvalue weighted by molar-refractivity contribution is 6.05. The minimum atomic E-state index is -0.864. The van der Waals surface area contributed by atoms with Crippen molar-refractivity contribution in [2.75, 3.05) is 18.9 Å². The molecule has 0 unspecified atom stereocenters. The molecule has 3 rings (SSSR count). The highest BCUT2D eigenvalue weighted by Gasteiger charge is 2.29. The molecule has 8 heteroatoms. The summed E-state index contributed by atoms with van der Waals surface area (Å²) in [5.41, 5.74) is 0.672. The lowest BCUT2D eigenvalue weighted by atomic mass is 10.1. The molecule has 1 aliphatic heterocycles. The second-order valence-corrected chi connectivity index (χ2v) is 7.00. The van der Waals surface area contributed by atoms with Gasteiger partial charge in [0, 0.05) is 26.2 Å². The van der Waals surface area contributed by atoms with Crippen LogP contribution in [0.15, 0.2) is 18.2 Å². The quantitative estimate of drug-likeness (QED) is 0.819. The Morgan fingerprint density at radius 1 is 1.29 bits per heavy atom. The van der Waals surface area contributed by atoms with Crippen molar-refractivity contribution >= 4 is 17.5 Å². The average Bonchev–Trinajstić information content (AvgIpc) is 3.07. The third-order valence-corrected chi connectivity index (χ3v) is 4.90. The zero-order valence-corrected chi connectivity index (χ0v) is 16.1. The number of aromatic nitrogens is 2. The molecule has 2 amide bonds. The fourth-order valence-corrected chi connectivity index (χ4v) is 3.33. The van der Waals surface area contributed by atoms with Crippen LogP contribution in [0.5, 0.6) is 0 Å². The molecule has 1 N–H and O–H groups in total. The summed E-state index contributed by atoms with van der Waals surface area (Å²) in [4.78, 5) is 31.5. The number of amides is 2. The molecule has 2 aromatic rings. The van der Waals surface area contributed by atoms with E-state index in [1.165, 1.54) is 0 Å². The van der Waals surface area contributed by atoms with Crippen LogP contribution >= 0.6 is 0 Å². The van der Waals surface area contributed by atoms with Gasteiger partial charge < -0.3 is 14.8 Å². The van der Waals surface area contributed by atoms with E-state index >= 15 is 0 Å². The number of fused-ring (bicyclic) bond motifs is 1. The van der Waals surface area contributed by atoms with Gasteiger partial charge in [-0.2, -0.15) is 0 Å². The largest absolute Gasteiger partial charge is 0.339 e. The maximum atomic E-state index is 13.9. The molecule has 0 atom stereocenters.